The first-order valence-corrected chi connectivity index (χ1v) is 7.75. The molecule has 0 aliphatic carbocycles. The van der Waals surface area contributed by atoms with Crippen molar-refractivity contribution in [2.75, 3.05) is 26.7 Å². The Balaban J connectivity index is 1.65. The molecule has 1 saturated heterocycles. The minimum absolute atomic E-state index is 0.0754. The van der Waals surface area contributed by atoms with Gasteiger partial charge in [-0.15, -0.1) is 0 Å². The van der Waals surface area contributed by atoms with E-state index in [4.69, 9.17) is 9.15 Å². The zero-order valence-corrected chi connectivity index (χ0v) is 13.3. The zero-order chi connectivity index (χ0) is 14.4. The molecule has 0 saturated carbocycles. The van der Waals surface area contributed by atoms with Crippen LogP contribution in [0.2, 0.25) is 0 Å². The highest BCUT2D eigenvalue weighted by molar-refractivity contribution is 9.10. The molecule has 0 atom stereocenters. The Morgan fingerprint density at radius 1 is 1.50 bits per heavy atom. The van der Waals surface area contributed by atoms with Crippen molar-refractivity contribution in [1.29, 1.82) is 0 Å². The summed E-state index contributed by atoms with van der Waals surface area (Å²) in [6, 6.07) is 3.69. The Morgan fingerprint density at radius 3 is 2.90 bits per heavy atom. The molecule has 1 amide bonds. The molecule has 1 aromatic rings. The van der Waals surface area contributed by atoms with E-state index in [-0.39, 0.29) is 5.91 Å². The molecule has 1 aliphatic rings. The summed E-state index contributed by atoms with van der Waals surface area (Å²) in [6.45, 7) is 2.99. The Bertz CT molecular complexity index is 430. The van der Waals surface area contributed by atoms with Gasteiger partial charge in [0.05, 0.1) is 25.7 Å². The Hall–Kier alpha value is -0.850. The predicted octanol–water partition coefficient (Wildman–Crippen LogP) is 2.16. The van der Waals surface area contributed by atoms with E-state index >= 15 is 0 Å². The normalized spacial score (nSPS) is 16.3. The maximum atomic E-state index is 12.0. The molecule has 1 N–H and O–H groups in total. The van der Waals surface area contributed by atoms with Crippen molar-refractivity contribution in [3.8, 4) is 0 Å². The summed E-state index contributed by atoms with van der Waals surface area (Å²) in [5.41, 5.74) is 0. The summed E-state index contributed by atoms with van der Waals surface area (Å²) in [7, 11) is 1.78. The third kappa shape index (κ3) is 4.92. The van der Waals surface area contributed by atoms with Crippen molar-refractivity contribution in [1.82, 2.24) is 10.2 Å². The number of ether oxygens (including phenoxy) is 1. The number of piperidine rings is 1. The number of carbonyl (C=O) groups is 1. The second kappa shape index (κ2) is 7.81. The molecule has 20 heavy (non-hydrogen) atoms. The largest absolute Gasteiger partial charge is 0.452 e. The van der Waals surface area contributed by atoms with Gasteiger partial charge in [-0.3, -0.25) is 4.79 Å². The van der Waals surface area contributed by atoms with Crippen molar-refractivity contribution in [2.45, 2.75) is 31.9 Å². The van der Waals surface area contributed by atoms with Gasteiger partial charge in [-0.1, -0.05) is 0 Å². The highest BCUT2D eigenvalue weighted by Crippen LogP contribution is 2.15. The standard InChI is InChI=1S/C14H21BrN2O3/c1-17(10-12-2-3-13(15)20-12)14(18)6-9-19-11-4-7-16-8-5-11/h2-3,11,16H,4-10H2,1H3. The van der Waals surface area contributed by atoms with Gasteiger partial charge in [0, 0.05) is 7.05 Å². The second-order valence-electron chi connectivity index (χ2n) is 5.03. The van der Waals surface area contributed by atoms with Crippen LogP contribution < -0.4 is 5.32 Å². The summed E-state index contributed by atoms with van der Waals surface area (Å²) in [6.07, 6.45) is 2.78. The number of hydrogen-bond acceptors (Lipinski definition) is 4. The molecule has 2 heterocycles. The molecule has 2 rings (SSSR count). The summed E-state index contributed by atoms with van der Waals surface area (Å²) < 4.78 is 11.8. The van der Waals surface area contributed by atoms with E-state index in [1.54, 1.807) is 11.9 Å². The van der Waals surface area contributed by atoms with E-state index in [2.05, 4.69) is 21.2 Å². The molecule has 1 aliphatic heterocycles. The van der Waals surface area contributed by atoms with Crippen LogP contribution in [0.25, 0.3) is 0 Å². The highest BCUT2D eigenvalue weighted by atomic mass is 79.9. The molecule has 1 aromatic heterocycles. The van der Waals surface area contributed by atoms with Gasteiger partial charge in [-0.2, -0.15) is 0 Å². The van der Waals surface area contributed by atoms with Crippen molar-refractivity contribution in [2.24, 2.45) is 0 Å². The summed E-state index contributed by atoms with van der Waals surface area (Å²) in [5.74, 6) is 0.846. The second-order valence-corrected chi connectivity index (χ2v) is 5.81. The van der Waals surface area contributed by atoms with E-state index in [9.17, 15) is 4.79 Å². The average Bonchev–Trinajstić information content (AvgIpc) is 2.85. The SMILES string of the molecule is CN(Cc1ccc(Br)o1)C(=O)CCOC1CCNCC1. The third-order valence-corrected chi connectivity index (χ3v) is 3.83. The molecular formula is C14H21BrN2O3. The highest BCUT2D eigenvalue weighted by Gasteiger charge is 2.15. The number of nitrogens with zero attached hydrogens (tertiary/aromatic N) is 1. The molecule has 0 bridgehead atoms. The first-order valence-electron chi connectivity index (χ1n) is 6.95. The van der Waals surface area contributed by atoms with Crippen molar-refractivity contribution in [3.05, 3.63) is 22.6 Å². The van der Waals surface area contributed by atoms with Gasteiger partial charge in [0.25, 0.3) is 0 Å². The van der Waals surface area contributed by atoms with E-state index in [1.807, 2.05) is 12.1 Å². The lowest BCUT2D eigenvalue weighted by molar-refractivity contribution is -0.132. The van der Waals surface area contributed by atoms with Crippen LogP contribution >= 0.6 is 15.9 Å². The fourth-order valence-electron chi connectivity index (χ4n) is 2.22. The first-order chi connectivity index (χ1) is 9.65. The molecule has 5 nitrogen and oxygen atoms in total. The molecule has 0 unspecified atom stereocenters. The van der Waals surface area contributed by atoms with E-state index < -0.39 is 0 Å². The van der Waals surface area contributed by atoms with Crippen LogP contribution in [0, 0.1) is 0 Å². The van der Waals surface area contributed by atoms with Crippen molar-refractivity contribution >= 4 is 21.8 Å². The molecule has 0 aromatic carbocycles. The number of rotatable bonds is 6. The van der Waals surface area contributed by atoms with Crippen LogP contribution in [-0.2, 0) is 16.1 Å². The van der Waals surface area contributed by atoms with Crippen molar-refractivity contribution < 1.29 is 13.9 Å². The lowest BCUT2D eigenvalue weighted by atomic mass is 10.1. The molecule has 0 radical (unpaired) electrons. The molecule has 112 valence electrons. The van der Waals surface area contributed by atoms with Gasteiger partial charge in [0.2, 0.25) is 5.91 Å². The predicted molar refractivity (Wildman–Crippen MR) is 79.3 cm³/mol. The van der Waals surface area contributed by atoms with E-state index in [0.717, 1.165) is 31.7 Å². The maximum Gasteiger partial charge on any atom is 0.225 e. The lowest BCUT2D eigenvalue weighted by Gasteiger charge is -2.23. The van der Waals surface area contributed by atoms with Gasteiger partial charge in [-0.25, -0.2) is 0 Å². The number of halogens is 1. The average molecular weight is 345 g/mol. The smallest absolute Gasteiger partial charge is 0.225 e. The number of amides is 1. The van der Waals surface area contributed by atoms with Gasteiger partial charge in [-0.05, 0) is 54.0 Å². The Morgan fingerprint density at radius 2 is 2.25 bits per heavy atom. The van der Waals surface area contributed by atoms with Gasteiger partial charge in [0.15, 0.2) is 4.67 Å². The van der Waals surface area contributed by atoms with E-state index in [1.165, 1.54) is 0 Å². The molecule has 6 heteroatoms. The van der Waals surface area contributed by atoms with Crippen LogP contribution in [0.5, 0.6) is 0 Å². The fourth-order valence-corrected chi connectivity index (χ4v) is 2.56. The Labute approximate surface area is 127 Å². The summed E-state index contributed by atoms with van der Waals surface area (Å²) in [4.78, 5) is 13.6. The van der Waals surface area contributed by atoms with Gasteiger partial charge < -0.3 is 19.4 Å². The minimum atomic E-state index is 0.0754. The molecule has 1 fully saturated rings. The maximum absolute atomic E-state index is 12.0. The van der Waals surface area contributed by atoms with E-state index in [0.29, 0.717) is 30.3 Å². The summed E-state index contributed by atoms with van der Waals surface area (Å²) >= 11 is 3.25. The number of hydrogen-bond donors (Lipinski definition) is 1. The number of carbonyl (C=O) groups excluding carboxylic acids is 1. The lowest BCUT2D eigenvalue weighted by Crippen LogP contribution is -2.33. The van der Waals surface area contributed by atoms with Gasteiger partial charge in [0.1, 0.15) is 5.76 Å². The van der Waals surface area contributed by atoms with Crippen LogP contribution in [0.4, 0.5) is 0 Å². The van der Waals surface area contributed by atoms with Crippen LogP contribution in [0.3, 0.4) is 0 Å². The number of furan rings is 1. The zero-order valence-electron chi connectivity index (χ0n) is 11.7. The monoisotopic (exact) mass is 344 g/mol. The summed E-state index contributed by atoms with van der Waals surface area (Å²) in [5, 5.41) is 3.29. The van der Waals surface area contributed by atoms with Crippen LogP contribution in [0.1, 0.15) is 25.0 Å². The third-order valence-electron chi connectivity index (χ3n) is 3.40. The first kappa shape index (κ1) is 15.5. The van der Waals surface area contributed by atoms with Crippen LogP contribution in [0.15, 0.2) is 21.2 Å². The minimum Gasteiger partial charge on any atom is -0.452 e. The van der Waals surface area contributed by atoms with Gasteiger partial charge >= 0.3 is 0 Å². The fraction of sp³-hybridized carbons (Fsp3) is 0.643. The quantitative estimate of drug-likeness (QED) is 0.859. The number of nitrogens with one attached hydrogen (secondary N) is 1. The molecular weight excluding hydrogens is 324 g/mol. The van der Waals surface area contributed by atoms with Crippen LogP contribution in [-0.4, -0.2) is 43.7 Å². The van der Waals surface area contributed by atoms with Crippen molar-refractivity contribution in [3.63, 3.8) is 0 Å². The topological polar surface area (TPSA) is 54.7 Å². The Kier molecular flexibility index (Phi) is 6.06. The molecule has 0 spiro atoms.